The second-order valence-electron chi connectivity index (χ2n) is 3.74. The smallest absolute Gasteiger partial charge is 0.291 e. The average Bonchev–Trinajstić information content (AvgIpc) is 2.83. The molecule has 1 aromatic heterocycles. The maximum absolute atomic E-state index is 11.7. The van der Waals surface area contributed by atoms with Crippen molar-refractivity contribution in [3.8, 4) is 5.75 Å². The van der Waals surface area contributed by atoms with Crippen LogP contribution in [0, 0.1) is 6.92 Å². The minimum atomic E-state index is -0.315. The molecule has 2 N–H and O–H groups in total. The van der Waals surface area contributed by atoms with Crippen LogP contribution in [0.3, 0.4) is 0 Å². The molecule has 1 amide bonds. The number of rotatable bonds is 4. The van der Waals surface area contributed by atoms with Crippen LogP contribution in [0.25, 0.3) is 0 Å². The van der Waals surface area contributed by atoms with Crippen LogP contribution in [0.15, 0.2) is 24.3 Å². The molecule has 0 radical (unpaired) electrons. The van der Waals surface area contributed by atoms with E-state index in [0.29, 0.717) is 12.4 Å². The van der Waals surface area contributed by atoms with Crippen molar-refractivity contribution in [3.05, 3.63) is 41.5 Å². The predicted molar refractivity (Wildman–Crippen MR) is 65.3 cm³/mol. The average molecular weight is 246 g/mol. The summed E-state index contributed by atoms with van der Waals surface area (Å²) in [6.07, 6.45) is 0. The zero-order chi connectivity index (χ0) is 13.0. The molecule has 2 aromatic rings. The van der Waals surface area contributed by atoms with E-state index in [1.165, 1.54) is 0 Å². The van der Waals surface area contributed by atoms with E-state index in [-0.39, 0.29) is 11.7 Å². The van der Waals surface area contributed by atoms with E-state index in [0.717, 1.165) is 11.3 Å². The lowest BCUT2D eigenvalue weighted by atomic mass is 10.2. The standard InChI is InChI=1S/C12H14N4O2/c1-8-14-11(16-15-8)12(17)13-7-9-5-3-4-6-10(9)18-2/h3-6H,7H2,1-2H3,(H,13,17)(H,14,15,16). The summed E-state index contributed by atoms with van der Waals surface area (Å²) in [7, 11) is 1.60. The Kier molecular flexibility index (Phi) is 3.57. The van der Waals surface area contributed by atoms with E-state index in [4.69, 9.17) is 4.74 Å². The predicted octanol–water partition coefficient (Wildman–Crippen LogP) is 1.05. The lowest BCUT2D eigenvalue weighted by Gasteiger charge is -2.08. The first-order valence-corrected chi connectivity index (χ1v) is 5.50. The second-order valence-corrected chi connectivity index (χ2v) is 3.74. The Morgan fingerprint density at radius 1 is 1.44 bits per heavy atom. The number of H-pyrrole nitrogens is 1. The van der Waals surface area contributed by atoms with Crippen molar-refractivity contribution in [1.29, 1.82) is 0 Å². The van der Waals surface area contributed by atoms with Crippen LogP contribution in [0.1, 0.15) is 22.0 Å². The Morgan fingerprint density at radius 2 is 2.22 bits per heavy atom. The summed E-state index contributed by atoms with van der Waals surface area (Å²) in [6.45, 7) is 2.11. The van der Waals surface area contributed by atoms with Gasteiger partial charge in [0.1, 0.15) is 11.6 Å². The molecular weight excluding hydrogens is 232 g/mol. The van der Waals surface area contributed by atoms with Gasteiger partial charge in [0.2, 0.25) is 5.82 Å². The van der Waals surface area contributed by atoms with Gasteiger partial charge in [-0.2, -0.15) is 0 Å². The van der Waals surface area contributed by atoms with Gasteiger partial charge in [-0.15, -0.1) is 5.10 Å². The van der Waals surface area contributed by atoms with E-state index in [1.807, 2.05) is 24.3 Å². The van der Waals surface area contributed by atoms with E-state index in [9.17, 15) is 4.79 Å². The SMILES string of the molecule is COc1ccccc1CNC(=O)c1n[nH]c(C)n1. The van der Waals surface area contributed by atoms with Crippen LogP contribution in [0.4, 0.5) is 0 Å². The summed E-state index contributed by atoms with van der Waals surface area (Å²) in [4.78, 5) is 15.7. The van der Waals surface area contributed by atoms with Crippen molar-refractivity contribution in [1.82, 2.24) is 20.5 Å². The number of aryl methyl sites for hydroxylation is 1. The maximum atomic E-state index is 11.7. The lowest BCUT2D eigenvalue weighted by Crippen LogP contribution is -2.24. The molecular formula is C12H14N4O2. The van der Waals surface area contributed by atoms with E-state index in [1.54, 1.807) is 14.0 Å². The number of aromatic amines is 1. The molecule has 0 aliphatic heterocycles. The van der Waals surface area contributed by atoms with Gasteiger partial charge in [0.15, 0.2) is 0 Å². The van der Waals surface area contributed by atoms with Gasteiger partial charge in [-0.1, -0.05) is 18.2 Å². The summed E-state index contributed by atoms with van der Waals surface area (Å²) in [6, 6.07) is 7.50. The van der Waals surface area contributed by atoms with Crippen molar-refractivity contribution in [2.75, 3.05) is 7.11 Å². The van der Waals surface area contributed by atoms with Gasteiger partial charge in [-0.05, 0) is 13.0 Å². The van der Waals surface area contributed by atoms with Crippen LogP contribution in [-0.2, 0) is 6.54 Å². The number of carbonyl (C=O) groups excluding carboxylic acids is 1. The van der Waals surface area contributed by atoms with E-state index < -0.39 is 0 Å². The van der Waals surface area contributed by atoms with Crippen LogP contribution >= 0.6 is 0 Å². The molecule has 2 rings (SSSR count). The van der Waals surface area contributed by atoms with Crippen molar-refractivity contribution in [2.24, 2.45) is 0 Å². The second kappa shape index (κ2) is 5.31. The Hall–Kier alpha value is -2.37. The van der Waals surface area contributed by atoms with Gasteiger partial charge >= 0.3 is 0 Å². The molecule has 0 fully saturated rings. The monoisotopic (exact) mass is 246 g/mol. The third-order valence-corrected chi connectivity index (χ3v) is 2.43. The van der Waals surface area contributed by atoms with Gasteiger partial charge < -0.3 is 10.1 Å². The molecule has 6 nitrogen and oxygen atoms in total. The summed E-state index contributed by atoms with van der Waals surface area (Å²) in [5.74, 6) is 1.18. The molecule has 18 heavy (non-hydrogen) atoms. The Balaban J connectivity index is 2.01. The van der Waals surface area contributed by atoms with Crippen LogP contribution in [0.5, 0.6) is 5.75 Å². The summed E-state index contributed by atoms with van der Waals surface area (Å²) in [5.41, 5.74) is 0.903. The number of hydrogen-bond acceptors (Lipinski definition) is 4. The zero-order valence-corrected chi connectivity index (χ0v) is 10.2. The first kappa shape index (κ1) is 12.1. The first-order chi connectivity index (χ1) is 8.70. The van der Waals surface area contributed by atoms with Gasteiger partial charge in [0.05, 0.1) is 7.11 Å². The number of methoxy groups -OCH3 is 1. The maximum Gasteiger partial charge on any atom is 0.291 e. The normalized spacial score (nSPS) is 10.1. The molecule has 0 bridgehead atoms. The quantitative estimate of drug-likeness (QED) is 0.845. The Bertz CT molecular complexity index is 551. The minimum Gasteiger partial charge on any atom is -0.496 e. The van der Waals surface area contributed by atoms with Crippen molar-refractivity contribution in [2.45, 2.75) is 13.5 Å². The number of nitrogens with zero attached hydrogens (tertiary/aromatic N) is 2. The number of amides is 1. The third kappa shape index (κ3) is 2.65. The molecule has 1 heterocycles. The van der Waals surface area contributed by atoms with Gasteiger partial charge in [0, 0.05) is 12.1 Å². The fraction of sp³-hybridized carbons (Fsp3) is 0.250. The Labute approximate surface area is 104 Å². The lowest BCUT2D eigenvalue weighted by molar-refractivity contribution is 0.0940. The van der Waals surface area contributed by atoms with Gasteiger partial charge in [-0.3, -0.25) is 9.89 Å². The zero-order valence-electron chi connectivity index (χ0n) is 10.2. The highest BCUT2D eigenvalue weighted by Crippen LogP contribution is 2.16. The molecule has 0 unspecified atom stereocenters. The van der Waals surface area contributed by atoms with Gasteiger partial charge in [0.25, 0.3) is 5.91 Å². The largest absolute Gasteiger partial charge is 0.496 e. The van der Waals surface area contributed by atoms with Crippen LogP contribution < -0.4 is 10.1 Å². The highest BCUT2D eigenvalue weighted by molar-refractivity contribution is 5.90. The molecule has 0 aliphatic carbocycles. The highest BCUT2D eigenvalue weighted by Gasteiger charge is 2.11. The van der Waals surface area contributed by atoms with Crippen LogP contribution in [-0.4, -0.2) is 28.2 Å². The number of aromatic nitrogens is 3. The topological polar surface area (TPSA) is 79.9 Å². The molecule has 0 saturated carbocycles. The molecule has 0 atom stereocenters. The number of ether oxygens (including phenoxy) is 1. The number of hydrogen-bond donors (Lipinski definition) is 2. The first-order valence-electron chi connectivity index (χ1n) is 5.50. The van der Waals surface area contributed by atoms with E-state index in [2.05, 4.69) is 20.5 Å². The highest BCUT2D eigenvalue weighted by atomic mass is 16.5. The minimum absolute atomic E-state index is 0.141. The molecule has 0 aliphatic rings. The molecule has 6 heteroatoms. The summed E-state index contributed by atoms with van der Waals surface area (Å²) in [5, 5.41) is 9.15. The summed E-state index contributed by atoms with van der Waals surface area (Å²) >= 11 is 0. The van der Waals surface area contributed by atoms with Crippen molar-refractivity contribution < 1.29 is 9.53 Å². The number of para-hydroxylation sites is 1. The molecule has 1 aromatic carbocycles. The number of carbonyl (C=O) groups is 1. The fourth-order valence-electron chi connectivity index (χ4n) is 1.55. The van der Waals surface area contributed by atoms with E-state index >= 15 is 0 Å². The fourth-order valence-corrected chi connectivity index (χ4v) is 1.55. The molecule has 94 valence electrons. The van der Waals surface area contributed by atoms with Crippen molar-refractivity contribution in [3.63, 3.8) is 0 Å². The van der Waals surface area contributed by atoms with Crippen molar-refractivity contribution >= 4 is 5.91 Å². The number of nitrogens with one attached hydrogen (secondary N) is 2. The van der Waals surface area contributed by atoms with Crippen LogP contribution in [0.2, 0.25) is 0 Å². The molecule has 0 spiro atoms. The Morgan fingerprint density at radius 3 is 2.89 bits per heavy atom. The number of benzene rings is 1. The van der Waals surface area contributed by atoms with Gasteiger partial charge in [-0.25, -0.2) is 4.98 Å². The summed E-state index contributed by atoms with van der Waals surface area (Å²) < 4.78 is 5.20. The molecule has 0 saturated heterocycles. The third-order valence-electron chi connectivity index (χ3n) is 2.43.